The number of thiocarbonyl (C=S) groups is 1. The summed E-state index contributed by atoms with van der Waals surface area (Å²) in [5.74, 6) is -0.325. The average molecular weight is 369 g/mol. The van der Waals surface area contributed by atoms with Gasteiger partial charge in [0.05, 0.1) is 27.8 Å². The molecule has 6 nitrogen and oxygen atoms in total. The van der Waals surface area contributed by atoms with Crippen LogP contribution in [0.15, 0.2) is 35.2 Å². The van der Waals surface area contributed by atoms with Crippen LogP contribution in [0.25, 0.3) is 0 Å². The molecule has 0 bridgehead atoms. The van der Waals surface area contributed by atoms with E-state index in [1.165, 1.54) is 12.1 Å². The Labute approximate surface area is 133 Å². The highest BCUT2D eigenvalue weighted by Gasteiger charge is 2.37. The molecule has 0 saturated carbocycles. The van der Waals surface area contributed by atoms with Crippen LogP contribution in [-0.4, -0.2) is 44.9 Å². The van der Waals surface area contributed by atoms with Gasteiger partial charge in [-0.05, 0) is 24.4 Å². The molecule has 0 radical (unpaired) electrons. The fourth-order valence-corrected chi connectivity index (χ4v) is 5.88. The van der Waals surface area contributed by atoms with Crippen LogP contribution in [-0.2, 0) is 19.9 Å². The zero-order valence-corrected chi connectivity index (χ0v) is 13.9. The maximum Gasteiger partial charge on any atom is 0.263 e. The lowest BCUT2D eigenvalue weighted by atomic mass is 10.3. The molecule has 1 aliphatic rings. The number of halogens is 1. The van der Waals surface area contributed by atoms with Gasteiger partial charge in [-0.2, -0.15) is 0 Å². The number of hydrogen-bond donors (Lipinski definition) is 2. The molecule has 0 spiro atoms. The number of rotatable bonds is 3. The van der Waals surface area contributed by atoms with Gasteiger partial charge in [-0.15, -0.1) is 11.6 Å². The Kier molecular flexibility index (Phi) is 4.76. The highest BCUT2D eigenvalue weighted by atomic mass is 35.5. The summed E-state index contributed by atoms with van der Waals surface area (Å²) in [5, 5.41) is 1.82. The predicted octanol–water partition coefficient (Wildman–Crippen LogP) is 0.244. The van der Waals surface area contributed by atoms with Crippen LogP contribution in [0.2, 0.25) is 0 Å². The van der Waals surface area contributed by atoms with E-state index in [0.29, 0.717) is 0 Å². The molecule has 21 heavy (non-hydrogen) atoms. The van der Waals surface area contributed by atoms with Crippen molar-refractivity contribution in [2.24, 2.45) is 0 Å². The standard InChI is InChI=1S/C11H13ClN2O4S3/c12-9-6-20(15,16)7-10(9)13-11(19)14-21(17,18)8-4-2-1-3-5-8/h1-5,9-10H,6-7H2,(H2,13,14,19). The van der Waals surface area contributed by atoms with Gasteiger partial charge in [-0.25, -0.2) is 16.8 Å². The first-order valence-corrected chi connectivity index (χ1v) is 10.1. The molecule has 0 aromatic heterocycles. The molecule has 1 fully saturated rings. The first-order valence-electron chi connectivity index (χ1n) is 5.92. The van der Waals surface area contributed by atoms with E-state index in [-0.39, 0.29) is 21.5 Å². The van der Waals surface area contributed by atoms with Crippen molar-refractivity contribution in [2.45, 2.75) is 16.3 Å². The number of benzene rings is 1. The van der Waals surface area contributed by atoms with Crippen LogP contribution in [0.3, 0.4) is 0 Å². The fourth-order valence-electron chi connectivity index (χ4n) is 1.92. The fraction of sp³-hybridized carbons (Fsp3) is 0.364. The van der Waals surface area contributed by atoms with Gasteiger partial charge in [0.1, 0.15) is 0 Å². The summed E-state index contributed by atoms with van der Waals surface area (Å²) in [6.45, 7) is 0. The van der Waals surface area contributed by atoms with Crippen molar-refractivity contribution < 1.29 is 16.8 Å². The summed E-state index contributed by atoms with van der Waals surface area (Å²) in [6, 6.07) is 7.11. The minimum atomic E-state index is -3.79. The highest BCUT2D eigenvalue weighted by Crippen LogP contribution is 2.18. The minimum Gasteiger partial charge on any atom is -0.357 e. The maximum absolute atomic E-state index is 12.0. The third kappa shape index (κ3) is 4.29. The van der Waals surface area contributed by atoms with Crippen LogP contribution >= 0.6 is 23.8 Å². The van der Waals surface area contributed by atoms with Crippen molar-refractivity contribution in [3.63, 3.8) is 0 Å². The van der Waals surface area contributed by atoms with Gasteiger partial charge in [-0.3, -0.25) is 4.72 Å². The monoisotopic (exact) mass is 368 g/mol. The van der Waals surface area contributed by atoms with Gasteiger partial charge in [0.25, 0.3) is 10.0 Å². The molecule has 0 amide bonds. The van der Waals surface area contributed by atoms with Crippen molar-refractivity contribution in [3.8, 4) is 0 Å². The van der Waals surface area contributed by atoms with E-state index in [2.05, 4.69) is 10.0 Å². The number of alkyl halides is 1. The Bertz CT molecular complexity index is 734. The Hall–Kier alpha value is -0.900. The Morgan fingerprint density at radius 3 is 2.38 bits per heavy atom. The second kappa shape index (κ2) is 6.07. The molecule has 2 N–H and O–H groups in total. The van der Waals surface area contributed by atoms with Crippen molar-refractivity contribution in [2.75, 3.05) is 11.5 Å². The van der Waals surface area contributed by atoms with E-state index < -0.39 is 31.3 Å². The molecule has 1 aromatic rings. The van der Waals surface area contributed by atoms with Crippen LogP contribution in [0.5, 0.6) is 0 Å². The van der Waals surface area contributed by atoms with Crippen molar-refractivity contribution >= 4 is 48.8 Å². The van der Waals surface area contributed by atoms with E-state index in [1.54, 1.807) is 18.2 Å². The zero-order valence-electron chi connectivity index (χ0n) is 10.7. The summed E-state index contributed by atoms with van der Waals surface area (Å²) >= 11 is 10.8. The molecular formula is C11H13ClN2O4S3. The summed E-state index contributed by atoms with van der Waals surface area (Å²) in [6.07, 6.45) is 0. The van der Waals surface area contributed by atoms with E-state index in [0.717, 1.165) is 0 Å². The first kappa shape index (κ1) is 16.5. The molecule has 1 aromatic carbocycles. The van der Waals surface area contributed by atoms with Crippen LogP contribution in [0.4, 0.5) is 0 Å². The summed E-state index contributed by atoms with van der Waals surface area (Å²) < 4.78 is 49.1. The third-order valence-corrected chi connectivity index (χ3v) is 6.97. The molecule has 1 heterocycles. The van der Waals surface area contributed by atoms with E-state index >= 15 is 0 Å². The lowest BCUT2D eigenvalue weighted by Gasteiger charge is -2.17. The highest BCUT2D eigenvalue weighted by molar-refractivity contribution is 7.92. The Morgan fingerprint density at radius 1 is 1.24 bits per heavy atom. The zero-order chi connectivity index (χ0) is 15.7. The van der Waals surface area contributed by atoms with E-state index in [1.807, 2.05) is 0 Å². The van der Waals surface area contributed by atoms with E-state index in [4.69, 9.17) is 23.8 Å². The Morgan fingerprint density at radius 2 is 1.86 bits per heavy atom. The second-order valence-electron chi connectivity index (χ2n) is 4.59. The van der Waals surface area contributed by atoms with Crippen molar-refractivity contribution in [1.29, 1.82) is 0 Å². The number of hydrogen-bond acceptors (Lipinski definition) is 5. The molecule has 1 saturated heterocycles. The lowest BCUT2D eigenvalue weighted by Crippen LogP contribution is -2.47. The number of sulfone groups is 1. The molecule has 0 aliphatic carbocycles. The molecule has 2 unspecified atom stereocenters. The SMILES string of the molecule is O=S1(=O)CC(Cl)C(NC(=S)NS(=O)(=O)c2ccccc2)C1. The minimum absolute atomic E-state index is 0.0654. The van der Waals surface area contributed by atoms with Gasteiger partial charge in [0.2, 0.25) is 0 Å². The Balaban J connectivity index is 2.03. The summed E-state index contributed by atoms with van der Waals surface area (Å²) in [5.41, 5.74) is 0. The van der Waals surface area contributed by atoms with Gasteiger partial charge in [0, 0.05) is 0 Å². The van der Waals surface area contributed by atoms with Crippen molar-refractivity contribution in [3.05, 3.63) is 30.3 Å². The van der Waals surface area contributed by atoms with Gasteiger partial charge in [0.15, 0.2) is 14.9 Å². The molecule has 2 atom stereocenters. The second-order valence-corrected chi connectivity index (χ2v) is 9.40. The molecule has 1 aliphatic heterocycles. The van der Waals surface area contributed by atoms with Gasteiger partial charge < -0.3 is 5.32 Å². The smallest absolute Gasteiger partial charge is 0.263 e. The van der Waals surface area contributed by atoms with Gasteiger partial charge >= 0.3 is 0 Å². The summed E-state index contributed by atoms with van der Waals surface area (Å²) in [7, 11) is -7.01. The third-order valence-electron chi connectivity index (χ3n) is 2.88. The first-order chi connectivity index (χ1) is 9.70. The number of sulfonamides is 1. The molecule has 116 valence electrons. The van der Waals surface area contributed by atoms with Crippen LogP contribution in [0.1, 0.15) is 0 Å². The number of nitrogens with one attached hydrogen (secondary N) is 2. The average Bonchev–Trinajstić information content (AvgIpc) is 2.62. The largest absolute Gasteiger partial charge is 0.357 e. The topological polar surface area (TPSA) is 92.3 Å². The molecular weight excluding hydrogens is 356 g/mol. The quantitative estimate of drug-likeness (QED) is 0.586. The lowest BCUT2D eigenvalue weighted by molar-refractivity contribution is 0.590. The van der Waals surface area contributed by atoms with Crippen molar-refractivity contribution in [1.82, 2.24) is 10.0 Å². The molecule has 10 heteroatoms. The normalized spacial score (nSPS) is 24.4. The summed E-state index contributed by atoms with van der Waals surface area (Å²) in [4.78, 5) is 0.0654. The van der Waals surface area contributed by atoms with Crippen LogP contribution < -0.4 is 10.0 Å². The molecule has 2 rings (SSSR count). The van der Waals surface area contributed by atoms with E-state index in [9.17, 15) is 16.8 Å². The van der Waals surface area contributed by atoms with Gasteiger partial charge in [-0.1, -0.05) is 18.2 Å². The predicted molar refractivity (Wildman–Crippen MR) is 84.6 cm³/mol. The maximum atomic E-state index is 12.0. The van der Waals surface area contributed by atoms with Crippen LogP contribution in [0, 0.1) is 0 Å².